The number of rotatable bonds is 6. The van der Waals surface area contributed by atoms with Crippen molar-refractivity contribution >= 4 is 43.0 Å². The van der Waals surface area contributed by atoms with Crippen LogP contribution < -0.4 is 4.72 Å². The summed E-state index contributed by atoms with van der Waals surface area (Å²) in [5, 5.41) is 11.0. The summed E-state index contributed by atoms with van der Waals surface area (Å²) in [5.41, 5.74) is 1.44. The zero-order valence-corrected chi connectivity index (χ0v) is 14.8. The topological polar surface area (TPSA) is 89.3 Å². The van der Waals surface area contributed by atoms with E-state index in [1.807, 2.05) is 13.0 Å². The average molecular weight is 370 g/mol. The van der Waals surface area contributed by atoms with E-state index in [-0.39, 0.29) is 5.69 Å². The van der Waals surface area contributed by atoms with Gasteiger partial charge in [-0.05, 0) is 41.5 Å². The second kappa shape index (κ2) is 7.24. The van der Waals surface area contributed by atoms with E-state index in [1.165, 1.54) is 27.7 Å². The highest BCUT2D eigenvalue weighted by Gasteiger charge is 2.15. The predicted molar refractivity (Wildman–Crippen MR) is 94.5 cm³/mol. The van der Waals surface area contributed by atoms with E-state index < -0.39 is 14.9 Å². The van der Waals surface area contributed by atoms with Crippen LogP contribution in [0.4, 0.5) is 11.4 Å². The van der Waals surface area contributed by atoms with Gasteiger partial charge in [0.2, 0.25) is 10.0 Å². The van der Waals surface area contributed by atoms with E-state index in [0.29, 0.717) is 15.5 Å². The minimum Gasteiger partial charge on any atom is -0.283 e. The largest absolute Gasteiger partial charge is 0.283 e. The molecule has 0 aliphatic carbocycles. The lowest BCUT2D eigenvalue weighted by atomic mass is 10.2. The lowest BCUT2D eigenvalue weighted by Gasteiger charge is -2.11. The molecule has 9 heteroatoms. The van der Waals surface area contributed by atoms with E-state index in [0.717, 1.165) is 11.8 Å². The Labute approximate surface area is 142 Å². The number of benzene rings is 2. The first-order valence-corrected chi connectivity index (χ1v) is 10.5. The summed E-state index contributed by atoms with van der Waals surface area (Å²) in [7, 11) is -0.909. The molecule has 0 aromatic heterocycles. The molecule has 0 bridgehead atoms. The smallest absolute Gasteiger partial charge is 0.283 e. The fourth-order valence-electron chi connectivity index (χ4n) is 1.75. The summed E-state index contributed by atoms with van der Waals surface area (Å²) in [4.78, 5) is 11.8. The van der Waals surface area contributed by atoms with Crippen molar-refractivity contribution in [2.45, 2.75) is 16.7 Å². The predicted octanol–water partition coefficient (Wildman–Crippen LogP) is 4.07. The van der Waals surface area contributed by atoms with Crippen LogP contribution in [-0.2, 0) is 10.0 Å². The van der Waals surface area contributed by atoms with Crippen LogP contribution in [0, 0.1) is 17.0 Å². The molecule has 0 atom stereocenters. The summed E-state index contributed by atoms with van der Waals surface area (Å²) in [6.45, 7) is 1.89. The molecule has 0 aliphatic rings. The quantitative estimate of drug-likeness (QED) is 0.468. The minimum atomic E-state index is -3.40. The molecule has 1 N–H and O–H groups in total. The van der Waals surface area contributed by atoms with Gasteiger partial charge in [0.05, 0.1) is 21.8 Å². The molecular weight excluding hydrogens is 356 g/mol. The number of nitro groups is 1. The number of nitrogens with one attached hydrogen (secondary N) is 1. The number of sulfonamides is 1. The zero-order valence-electron chi connectivity index (χ0n) is 12.3. The molecule has 0 radical (unpaired) electrons. The van der Waals surface area contributed by atoms with Crippen LogP contribution >= 0.6 is 21.6 Å². The molecule has 0 fully saturated rings. The summed E-state index contributed by atoms with van der Waals surface area (Å²) >= 11 is 0. The van der Waals surface area contributed by atoms with Gasteiger partial charge in [-0.1, -0.05) is 29.0 Å². The number of hydrogen-bond acceptors (Lipinski definition) is 6. The molecule has 23 heavy (non-hydrogen) atoms. The van der Waals surface area contributed by atoms with Gasteiger partial charge in [-0.25, -0.2) is 8.42 Å². The maximum atomic E-state index is 11.4. The first-order chi connectivity index (χ1) is 10.8. The highest BCUT2D eigenvalue weighted by Crippen LogP contribution is 2.44. The van der Waals surface area contributed by atoms with Crippen molar-refractivity contribution in [1.82, 2.24) is 0 Å². The first-order valence-electron chi connectivity index (χ1n) is 6.42. The number of hydrogen-bond donors (Lipinski definition) is 1. The van der Waals surface area contributed by atoms with Gasteiger partial charge in [0.1, 0.15) is 0 Å². The van der Waals surface area contributed by atoms with Crippen LogP contribution in [-0.4, -0.2) is 19.6 Å². The molecule has 0 saturated heterocycles. The van der Waals surface area contributed by atoms with Gasteiger partial charge in [-0.2, -0.15) is 0 Å². The normalized spacial score (nSPS) is 11.2. The Kier molecular flexibility index (Phi) is 5.55. The van der Waals surface area contributed by atoms with Crippen LogP contribution in [0.3, 0.4) is 0 Å². The molecule has 0 heterocycles. The van der Waals surface area contributed by atoms with Crippen LogP contribution in [0.5, 0.6) is 0 Å². The molecule has 2 rings (SSSR count). The zero-order chi connectivity index (χ0) is 17.0. The van der Waals surface area contributed by atoms with Gasteiger partial charge in [-0.3, -0.25) is 14.8 Å². The van der Waals surface area contributed by atoms with Crippen molar-refractivity contribution in [2.24, 2.45) is 0 Å². The standard InChI is InChI=1S/C14H14N2O4S3/c1-10-7-8-11(15-23(2,19)20)14(9-10)22-21-13-6-4-3-5-12(13)16(17)18/h3-9,15H,1-2H3. The number of para-hydroxylation sites is 1. The van der Waals surface area contributed by atoms with E-state index in [2.05, 4.69) is 4.72 Å². The van der Waals surface area contributed by atoms with Crippen molar-refractivity contribution in [3.63, 3.8) is 0 Å². The highest BCUT2D eigenvalue weighted by atomic mass is 33.1. The maximum Gasteiger partial charge on any atom is 0.283 e. The summed E-state index contributed by atoms with van der Waals surface area (Å²) in [6, 6.07) is 11.7. The van der Waals surface area contributed by atoms with Gasteiger partial charge >= 0.3 is 0 Å². The molecule has 122 valence electrons. The van der Waals surface area contributed by atoms with E-state index in [1.54, 1.807) is 30.3 Å². The molecule has 6 nitrogen and oxygen atoms in total. The highest BCUT2D eigenvalue weighted by molar-refractivity contribution is 8.76. The Morgan fingerprint density at radius 2 is 1.74 bits per heavy atom. The first kappa shape index (κ1) is 17.6. The molecule has 0 aliphatic heterocycles. The number of nitrogens with zero attached hydrogens (tertiary/aromatic N) is 1. The van der Waals surface area contributed by atoms with Crippen LogP contribution in [0.1, 0.15) is 5.56 Å². The van der Waals surface area contributed by atoms with Gasteiger partial charge in [-0.15, -0.1) is 0 Å². The van der Waals surface area contributed by atoms with Crippen molar-refractivity contribution < 1.29 is 13.3 Å². The molecule has 0 unspecified atom stereocenters. The Bertz CT molecular complexity index is 838. The third-order valence-corrected chi connectivity index (χ3v) is 5.76. The second-order valence-electron chi connectivity index (χ2n) is 4.77. The fraction of sp³-hybridized carbons (Fsp3) is 0.143. The van der Waals surface area contributed by atoms with Crippen LogP contribution in [0.25, 0.3) is 0 Å². The van der Waals surface area contributed by atoms with Gasteiger partial charge in [0.15, 0.2) is 0 Å². The molecular formula is C14H14N2O4S3. The van der Waals surface area contributed by atoms with Crippen molar-refractivity contribution in [1.29, 1.82) is 0 Å². The lowest BCUT2D eigenvalue weighted by molar-refractivity contribution is -0.387. The van der Waals surface area contributed by atoms with Gasteiger partial charge < -0.3 is 0 Å². The van der Waals surface area contributed by atoms with Gasteiger partial charge in [0.25, 0.3) is 5.69 Å². The van der Waals surface area contributed by atoms with Crippen molar-refractivity contribution in [3.8, 4) is 0 Å². The summed E-state index contributed by atoms with van der Waals surface area (Å²) in [5.74, 6) is 0. The van der Waals surface area contributed by atoms with E-state index >= 15 is 0 Å². The van der Waals surface area contributed by atoms with E-state index in [4.69, 9.17) is 0 Å². The monoisotopic (exact) mass is 370 g/mol. The summed E-state index contributed by atoms with van der Waals surface area (Å²) < 4.78 is 25.3. The molecule has 0 saturated carbocycles. The molecule has 0 amide bonds. The average Bonchev–Trinajstić information content (AvgIpc) is 2.46. The van der Waals surface area contributed by atoms with Crippen molar-refractivity contribution in [3.05, 3.63) is 58.1 Å². The minimum absolute atomic E-state index is 0.0234. The third kappa shape index (κ3) is 5.15. The molecule has 2 aromatic rings. The summed E-state index contributed by atoms with van der Waals surface area (Å²) in [6.07, 6.45) is 1.08. The maximum absolute atomic E-state index is 11.4. The van der Waals surface area contributed by atoms with E-state index in [9.17, 15) is 18.5 Å². The number of aryl methyl sites for hydroxylation is 1. The second-order valence-corrected chi connectivity index (χ2v) is 8.73. The Morgan fingerprint density at radius 1 is 1.09 bits per heavy atom. The lowest BCUT2D eigenvalue weighted by Crippen LogP contribution is -2.10. The van der Waals surface area contributed by atoms with Crippen LogP contribution in [0.2, 0.25) is 0 Å². The fourth-order valence-corrected chi connectivity index (χ4v) is 4.75. The molecule has 2 aromatic carbocycles. The van der Waals surface area contributed by atoms with Gasteiger partial charge in [0, 0.05) is 11.0 Å². The Balaban J connectivity index is 2.27. The van der Waals surface area contributed by atoms with Crippen molar-refractivity contribution in [2.75, 3.05) is 11.0 Å². The number of nitro benzene ring substituents is 1. The Hall–Kier alpha value is -1.71. The SMILES string of the molecule is Cc1ccc(NS(C)(=O)=O)c(SSc2ccccc2[N+](=O)[O-])c1. The number of anilines is 1. The molecule has 0 spiro atoms. The van der Waals surface area contributed by atoms with Crippen LogP contribution in [0.15, 0.2) is 52.3 Å². The Morgan fingerprint density at radius 3 is 2.39 bits per heavy atom. The third-order valence-electron chi connectivity index (χ3n) is 2.72.